The summed E-state index contributed by atoms with van der Waals surface area (Å²) in [6.07, 6.45) is 0. The Morgan fingerprint density at radius 1 is 1.08 bits per heavy atom. The molecule has 0 fully saturated rings. The van der Waals surface area contributed by atoms with E-state index in [2.05, 4.69) is 21.2 Å². The number of amides is 1. The number of nitrogens with one attached hydrogen (secondary N) is 1. The molecule has 24 heavy (non-hydrogen) atoms. The van der Waals surface area contributed by atoms with Gasteiger partial charge < -0.3 is 10.1 Å². The summed E-state index contributed by atoms with van der Waals surface area (Å²) in [5.41, 5.74) is 0.454. The first-order chi connectivity index (χ1) is 11.5. The van der Waals surface area contributed by atoms with Gasteiger partial charge in [0.1, 0.15) is 5.75 Å². The van der Waals surface area contributed by atoms with Crippen LogP contribution in [0.4, 0.5) is 5.69 Å². The fourth-order valence-corrected chi connectivity index (χ4v) is 3.19. The maximum Gasteiger partial charge on any atom is 0.262 e. The molecule has 0 aromatic heterocycles. The fourth-order valence-electron chi connectivity index (χ4n) is 2.25. The number of rotatable bonds is 4. The first-order valence-corrected chi connectivity index (χ1v) is 8.64. The molecule has 0 aliphatic carbocycles. The van der Waals surface area contributed by atoms with Crippen molar-refractivity contribution in [2.45, 2.75) is 0 Å². The van der Waals surface area contributed by atoms with Crippen molar-refractivity contribution in [3.05, 3.63) is 69.1 Å². The highest BCUT2D eigenvalue weighted by molar-refractivity contribution is 9.10. The van der Waals surface area contributed by atoms with Crippen molar-refractivity contribution in [2.24, 2.45) is 0 Å². The smallest absolute Gasteiger partial charge is 0.262 e. The predicted molar refractivity (Wildman–Crippen MR) is 102 cm³/mol. The molecule has 0 radical (unpaired) electrons. The van der Waals surface area contributed by atoms with Crippen LogP contribution in [0, 0.1) is 0 Å². The predicted octanol–water partition coefficient (Wildman–Crippen LogP) is 5.93. The van der Waals surface area contributed by atoms with E-state index in [-0.39, 0.29) is 12.5 Å². The number of carbonyl (C=O) groups excluding carboxylic acids is 1. The Kier molecular flexibility index (Phi) is 5.29. The first-order valence-electron chi connectivity index (χ1n) is 7.09. The number of halogens is 3. The van der Waals surface area contributed by atoms with E-state index in [0.717, 1.165) is 15.2 Å². The lowest BCUT2D eigenvalue weighted by Gasteiger charge is -2.11. The van der Waals surface area contributed by atoms with Crippen LogP contribution < -0.4 is 10.1 Å². The molecule has 3 rings (SSSR count). The van der Waals surface area contributed by atoms with Crippen molar-refractivity contribution >= 4 is 61.5 Å². The van der Waals surface area contributed by atoms with Gasteiger partial charge in [0.25, 0.3) is 5.91 Å². The molecule has 0 aliphatic heterocycles. The Morgan fingerprint density at radius 2 is 1.88 bits per heavy atom. The third-order valence-electron chi connectivity index (χ3n) is 3.39. The zero-order valence-corrected chi connectivity index (χ0v) is 15.5. The van der Waals surface area contributed by atoms with E-state index in [1.165, 1.54) is 0 Å². The minimum absolute atomic E-state index is 0.139. The highest BCUT2D eigenvalue weighted by atomic mass is 79.9. The minimum Gasteiger partial charge on any atom is -0.483 e. The van der Waals surface area contributed by atoms with Crippen LogP contribution in [0.15, 0.2) is 59.1 Å². The van der Waals surface area contributed by atoms with Crippen molar-refractivity contribution in [3.63, 3.8) is 0 Å². The molecule has 3 aromatic carbocycles. The summed E-state index contributed by atoms with van der Waals surface area (Å²) in [4.78, 5) is 12.1. The molecule has 0 saturated heterocycles. The topological polar surface area (TPSA) is 38.3 Å². The molecular formula is C18H12BrCl2NO2. The summed E-state index contributed by atoms with van der Waals surface area (Å²) in [7, 11) is 0. The molecule has 0 spiro atoms. The Balaban J connectivity index is 1.70. The monoisotopic (exact) mass is 423 g/mol. The van der Waals surface area contributed by atoms with Gasteiger partial charge in [-0.25, -0.2) is 0 Å². The molecule has 6 heteroatoms. The van der Waals surface area contributed by atoms with Crippen molar-refractivity contribution < 1.29 is 9.53 Å². The van der Waals surface area contributed by atoms with Crippen LogP contribution in [-0.4, -0.2) is 12.5 Å². The molecule has 0 atom stereocenters. The summed E-state index contributed by atoms with van der Waals surface area (Å²) >= 11 is 15.5. The minimum atomic E-state index is -0.320. The molecule has 0 bridgehead atoms. The highest BCUT2D eigenvalue weighted by Crippen LogP contribution is 2.33. The second kappa shape index (κ2) is 7.43. The van der Waals surface area contributed by atoms with Gasteiger partial charge >= 0.3 is 0 Å². The number of benzene rings is 3. The first kappa shape index (κ1) is 17.1. The van der Waals surface area contributed by atoms with Crippen LogP contribution >= 0.6 is 39.1 Å². The zero-order valence-electron chi connectivity index (χ0n) is 12.4. The second-order valence-corrected chi connectivity index (χ2v) is 6.70. The quantitative estimate of drug-likeness (QED) is 0.563. The van der Waals surface area contributed by atoms with Gasteiger partial charge in [-0.15, -0.1) is 0 Å². The summed E-state index contributed by atoms with van der Waals surface area (Å²) in [6, 6.07) is 16.6. The number of hydrogen-bond acceptors (Lipinski definition) is 2. The third-order valence-corrected chi connectivity index (χ3v) is 4.77. The Morgan fingerprint density at radius 3 is 2.71 bits per heavy atom. The van der Waals surface area contributed by atoms with Crippen LogP contribution in [0.2, 0.25) is 10.0 Å². The van der Waals surface area contributed by atoms with E-state index in [1.54, 1.807) is 18.2 Å². The molecule has 1 amide bonds. The Bertz CT molecular complexity index is 915. The standard InChI is InChI=1S/C18H12BrCl2NO2/c19-18-13-4-2-1-3-11(13)5-8-16(18)24-10-17(23)22-15-9-12(20)6-7-14(15)21/h1-9H,10H2,(H,22,23). The van der Waals surface area contributed by atoms with E-state index in [1.807, 2.05) is 36.4 Å². The summed E-state index contributed by atoms with van der Waals surface area (Å²) in [6.45, 7) is -0.139. The molecule has 0 aliphatic rings. The van der Waals surface area contributed by atoms with Gasteiger partial charge in [-0.3, -0.25) is 4.79 Å². The molecule has 3 nitrogen and oxygen atoms in total. The maximum absolute atomic E-state index is 12.1. The largest absolute Gasteiger partial charge is 0.483 e. The van der Waals surface area contributed by atoms with Crippen LogP contribution in [0.3, 0.4) is 0 Å². The van der Waals surface area contributed by atoms with E-state index in [4.69, 9.17) is 27.9 Å². The molecule has 3 aromatic rings. The fraction of sp³-hybridized carbons (Fsp3) is 0.0556. The molecule has 0 unspecified atom stereocenters. The van der Waals surface area contributed by atoms with Crippen LogP contribution in [0.25, 0.3) is 10.8 Å². The van der Waals surface area contributed by atoms with Gasteiger partial charge in [0, 0.05) is 5.02 Å². The summed E-state index contributed by atoms with van der Waals surface area (Å²) in [5, 5.41) is 5.70. The summed E-state index contributed by atoms with van der Waals surface area (Å²) in [5.74, 6) is 0.278. The number of hydrogen-bond donors (Lipinski definition) is 1. The van der Waals surface area contributed by atoms with E-state index in [0.29, 0.717) is 21.5 Å². The second-order valence-electron chi connectivity index (χ2n) is 5.06. The highest BCUT2D eigenvalue weighted by Gasteiger charge is 2.10. The summed E-state index contributed by atoms with van der Waals surface area (Å²) < 4.78 is 6.43. The Labute approximate surface area is 157 Å². The molecular weight excluding hydrogens is 413 g/mol. The average molecular weight is 425 g/mol. The number of ether oxygens (including phenoxy) is 1. The normalized spacial score (nSPS) is 10.6. The van der Waals surface area contributed by atoms with Gasteiger partial charge in [-0.05, 0) is 51.0 Å². The van der Waals surface area contributed by atoms with Gasteiger partial charge in [0.2, 0.25) is 0 Å². The van der Waals surface area contributed by atoms with E-state index < -0.39 is 0 Å². The average Bonchev–Trinajstić information content (AvgIpc) is 2.58. The maximum atomic E-state index is 12.1. The van der Waals surface area contributed by atoms with E-state index in [9.17, 15) is 4.79 Å². The number of fused-ring (bicyclic) bond motifs is 1. The third kappa shape index (κ3) is 3.83. The molecule has 1 N–H and O–H groups in total. The Hall–Kier alpha value is -1.75. The number of anilines is 1. The van der Waals surface area contributed by atoms with Gasteiger partial charge in [0.05, 0.1) is 15.2 Å². The number of carbonyl (C=O) groups is 1. The zero-order chi connectivity index (χ0) is 17.1. The van der Waals surface area contributed by atoms with Crippen molar-refractivity contribution in [3.8, 4) is 5.75 Å². The van der Waals surface area contributed by atoms with Crippen LogP contribution in [0.1, 0.15) is 0 Å². The molecule has 122 valence electrons. The lowest BCUT2D eigenvalue weighted by Crippen LogP contribution is -2.20. The van der Waals surface area contributed by atoms with Gasteiger partial charge in [-0.2, -0.15) is 0 Å². The van der Waals surface area contributed by atoms with Crippen molar-refractivity contribution in [1.29, 1.82) is 0 Å². The van der Waals surface area contributed by atoms with Crippen molar-refractivity contribution in [2.75, 3.05) is 11.9 Å². The lowest BCUT2D eigenvalue weighted by atomic mass is 10.1. The van der Waals surface area contributed by atoms with Crippen LogP contribution in [0.5, 0.6) is 5.75 Å². The lowest BCUT2D eigenvalue weighted by molar-refractivity contribution is -0.118. The van der Waals surface area contributed by atoms with E-state index >= 15 is 0 Å². The van der Waals surface area contributed by atoms with Crippen LogP contribution in [-0.2, 0) is 4.79 Å². The van der Waals surface area contributed by atoms with Crippen molar-refractivity contribution in [1.82, 2.24) is 0 Å². The molecule has 0 heterocycles. The van der Waals surface area contributed by atoms with Gasteiger partial charge in [-0.1, -0.05) is 53.5 Å². The van der Waals surface area contributed by atoms with Gasteiger partial charge in [0.15, 0.2) is 6.61 Å². The SMILES string of the molecule is O=C(COc1ccc2ccccc2c1Br)Nc1cc(Cl)ccc1Cl. The molecule has 0 saturated carbocycles.